The van der Waals surface area contributed by atoms with Gasteiger partial charge in [-0.1, -0.05) is 18.2 Å². The van der Waals surface area contributed by atoms with Crippen molar-refractivity contribution < 1.29 is 4.79 Å². The van der Waals surface area contributed by atoms with Gasteiger partial charge < -0.3 is 5.32 Å². The number of para-hydroxylation sites is 1. The Bertz CT molecular complexity index is 839. The van der Waals surface area contributed by atoms with Crippen LogP contribution < -0.4 is 5.32 Å². The van der Waals surface area contributed by atoms with Crippen molar-refractivity contribution in [2.24, 2.45) is 0 Å². The van der Waals surface area contributed by atoms with Gasteiger partial charge >= 0.3 is 0 Å². The van der Waals surface area contributed by atoms with Gasteiger partial charge in [-0.3, -0.25) is 9.69 Å². The van der Waals surface area contributed by atoms with Gasteiger partial charge in [-0.25, -0.2) is 4.98 Å². The summed E-state index contributed by atoms with van der Waals surface area (Å²) in [5.41, 5.74) is 4.26. The second kappa shape index (κ2) is 7.11. The number of carbonyl (C=O) groups is 1. The molecule has 5 heteroatoms. The van der Waals surface area contributed by atoms with Gasteiger partial charge in [0.15, 0.2) is 0 Å². The minimum Gasteiger partial charge on any atom is -0.325 e. The molecular weight excluding hydrogens is 318 g/mol. The summed E-state index contributed by atoms with van der Waals surface area (Å²) in [5, 5.41) is 3.98. The van der Waals surface area contributed by atoms with Gasteiger partial charge in [0.1, 0.15) is 5.01 Å². The summed E-state index contributed by atoms with van der Waals surface area (Å²) in [6.07, 6.45) is 0. The van der Waals surface area contributed by atoms with Crippen LogP contribution in [0.5, 0.6) is 0 Å². The molecule has 0 aliphatic rings. The Morgan fingerprint density at radius 2 is 1.96 bits per heavy atom. The van der Waals surface area contributed by atoms with Crippen molar-refractivity contribution in [2.75, 3.05) is 18.9 Å². The van der Waals surface area contributed by atoms with Gasteiger partial charge in [0.05, 0.1) is 23.3 Å². The van der Waals surface area contributed by atoms with Crippen LogP contribution in [0.4, 0.5) is 5.69 Å². The normalized spacial score (nSPS) is 11.2. The topological polar surface area (TPSA) is 45.2 Å². The fourth-order valence-electron chi connectivity index (χ4n) is 2.54. The first-order valence-electron chi connectivity index (χ1n) is 7.91. The lowest BCUT2D eigenvalue weighted by Gasteiger charge is -2.15. The number of hydrogen-bond donors (Lipinski definition) is 1. The number of hydrogen-bond acceptors (Lipinski definition) is 4. The zero-order chi connectivity index (χ0) is 17.1. The molecule has 2 aromatic carbocycles. The molecule has 1 N–H and O–H groups in total. The molecule has 0 radical (unpaired) electrons. The largest absolute Gasteiger partial charge is 0.325 e. The molecule has 4 nitrogen and oxygen atoms in total. The van der Waals surface area contributed by atoms with Gasteiger partial charge in [-0.15, -0.1) is 11.3 Å². The molecule has 0 fully saturated rings. The summed E-state index contributed by atoms with van der Waals surface area (Å²) in [4.78, 5) is 18.8. The average Bonchev–Trinajstić information content (AvgIpc) is 2.92. The molecule has 0 aliphatic carbocycles. The molecule has 0 unspecified atom stereocenters. The molecule has 0 spiro atoms. The highest BCUT2D eigenvalue weighted by atomic mass is 32.1. The monoisotopic (exact) mass is 339 g/mol. The molecule has 1 amide bonds. The Labute approximate surface area is 146 Å². The summed E-state index contributed by atoms with van der Waals surface area (Å²) in [6.45, 7) is 5.11. The predicted octanol–water partition coefficient (Wildman–Crippen LogP) is 3.98. The zero-order valence-corrected chi connectivity index (χ0v) is 15.0. The van der Waals surface area contributed by atoms with Crippen LogP contribution in [0.1, 0.15) is 16.1 Å². The highest BCUT2D eigenvalue weighted by Gasteiger charge is 2.11. The molecule has 3 aromatic rings. The molecule has 0 aliphatic heterocycles. The number of carbonyl (C=O) groups excluding carboxylic acids is 1. The van der Waals surface area contributed by atoms with E-state index in [2.05, 4.69) is 23.3 Å². The maximum atomic E-state index is 12.2. The lowest BCUT2D eigenvalue weighted by Crippen LogP contribution is -2.29. The minimum absolute atomic E-state index is 0.0122. The molecule has 24 heavy (non-hydrogen) atoms. The van der Waals surface area contributed by atoms with Crippen molar-refractivity contribution in [1.82, 2.24) is 9.88 Å². The summed E-state index contributed by atoms with van der Waals surface area (Å²) in [5.74, 6) is -0.0122. The van der Waals surface area contributed by atoms with Crippen molar-refractivity contribution in [3.8, 4) is 0 Å². The Morgan fingerprint density at radius 1 is 1.17 bits per heavy atom. The molecule has 0 bridgehead atoms. The molecule has 0 saturated carbocycles. The Morgan fingerprint density at radius 3 is 2.71 bits per heavy atom. The van der Waals surface area contributed by atoms with Crippen LogP contribution in [0.2, 0.25) is 0 Å². The number of rotatable bonds is 5. The fraction of sp³-hybridized carbons (Fsp3) is 0.263. The van der Waals surface area contributed by atoms with Gasteiger partial charge in [-0.05, 0) is 56.3 Å². The van der Waals surface area contributed by atoms with Crippen LogP contribution in [0, 0.1) is 13.8 Å². The zero-order valence-electron chi connectivity index (χ0n) is 14.2. The standard InChI is InChI=1S/C19H21N3OS/c1-13-8-9-15(10-14(13)2)20-18(23)11-22(3)12-19-21-16-6-4-5-7-17(16)24-19/h4-10H,11-12H2,1-3H3,(H,20,23). The Hall–Kier alpha value is -2.24. The molecule has 1 heterocycles. The van der Waals surface area contributed by atoms with Gasteiger partial charge in [0.25, 0.3) is 0 Å². The van der Waals surface area contributed by atoms with E-state index in [1.807, 2.05) is 55.3 Å². The van der Waals surface area contributed by atoms with E-state index < -0.39 is 0 Å². The van der Waals surface area contributed by atoms with Crippen molar-refractivity contribution >= 4 is 33.1 Å². The summed E-state index contributed by atoms with van der Waals surface area (Å²) < 4.78 is 1.18. The van der Waals surface area contributed by atoms with E-state index in [9.17, 15) is 4.79 Å². The molecule has 124 valence electrons. The number of benzene rings is 2. The first-order valence-corrected chi connectivity index (χ1v) is 8.73. The van der Waals surface area contributed by atoms with E-state index in [-0.39, 0.29) is 5.91 Å². The van der Waals surface area contributed by atoms with E-state index in [0.717, 1.165) is 16.2 Å². The lowest BCUT2D eigenvalue weighted by molar-refractivity contribution is -0.117. The second-order valence-electron chi connectivity index (χ2n) is 6.09. The molecule has 3 rings (SSSR count). The molecular formula is C19H21N3OS. The first-order chi connectivity index (χ1) is 11.5. The van der Waals surface area contributed by atoms with Crippen LogP contribution in [0.15, 0.2) is 42.5 Å². The third-order valence-electron chi connectivity index (χ3n) is 3.95. The average molecular weight is 339 g/mol. The van der Waals surface area contributed by atoms with Crippen LogP contribution in [0.25, 0.3) is 10.2 Å². The van der Waals surface area contributed by atoms with E-state index >= 15 is 0 Å². The van der Waals surface area contributed by atoms with Crippen LogP contribution in [-0.4, -0.2) is 29.4 Å². The smallest absolute Gasteiger partial charge is 0.238 e. The minimum atomic E-state index is -0.0122. The Kier molecular flexibility index (Phi) is 4.92. The third-order valence-corrected chi connectivity index (χ3v) is 4.97. The highest BCUT2D eigenvalue weighted by molar-refractivity contribution is 7.18. The van der Waals surface area contributed by atoms with Crippen LogP contribution in [-0.2, 0) is 11.3 Å². The number of thiazole rings is 1. The first kappa shape index (κ1) is 16.6. The van der Waals surface area contributed by atoms with Crippen LogP contribution in [0.3, 0.4) is 0 Å². The fourth-order valence-corrected chi connectivity index (χ4v) is 3.59. The summed E-state index contributed by atoms with van der Waals surface area (Å²) in [7, 11) is 1.94. The number of nitrogens with one attached hydrogen (secondary N) is 1. The van der Waals surface area contributed by atoms with Gasteiger partial charge in [0.2, 0.25) is 5.91 Å². The predicted molar refractivity (Wildman–Crippen MR) is 100 cm³/mol. The van der Waals surface area contributed by atoms with Crippen molar-refractivity contribution in [1.29, 1.82) is 0 Å². The number of aryl methyl sites for hydroxylation is 2. The number of amides is 1. The number of anilines is 1. The van der Waals surface area contributed by atoms with Crippen molar-refractivity contribution in [3.63, 3.8) is 0 Å². The lowest BCUT2D eigenvalue weighted by atomic mass is 10.1. The molecule has 0 saturated heterocycles. The second-order valence-corrected chi connectivity index (χ2v) is 7.21. The molecule has 0 atom stereocenters. The maximum absolute atomic E-state index is 12.2. The van der Waals surface area contributed by atoms with E-state index in [1.54, 1.807) is 11.3 Å². The Balaban J connectivity index is 1.58. The summed E-state index contributed by atoms with van der Waals surface area (Å²) >= 11 is 1.68. The van der Waals surface area contributed by atoms with Crippen molar-refractivity contribution in [3.05, 3.63) is 58.6 Å². The number of aromatic nitrogens is 1. The van der Waals surface area contributed by atoms with Gasteiger partial charge in [-0.2, -0.15) is 0 Å². The SMILES string of the molecule is Cc1ccc(NC(=O)CN(C)Cc2nc3ccccc3s2)cc1C. The van der Waals surface area contributed by atoms with E-state index in [0.29, 0.717) is 13.1 Å². The quantitative estimate of drug-likeness (QED) is 0.764. The number of likely N-dealkylation sites (N-methyl/N-ethyl adjacent to an activating group) is 1. The van der Waals surface area contributed by atoms with E-state index in [1.165, 1.54) is 15.8 Å². The maximum Gasteiger partial charge on any atom is 0.238 e. The highest BCUT2D eigenvalue weighted by Crippen LogP contribution is 2.22. The van der Waals surface area contributed by atoms with Crippen molar-refractivity contribution in [2.45, 2.75) is 20.4 Å². The number of nitrogens with zero attached hydrogens (tertiary/aromatic N) is 2. The number of fused-ring (bicyclic) bond motifs is 1. The summed E-state index contributed by atoms with van der Waals surface area (Å²) in [6, 6.07) is 14.1. The van der Waals surface area contributed by atoms with Gasteiger partial charge in [0, 0.05) is 5.69 Å². The van der Waals surface area contributed by atoms with E-state index in [4.69, 9.17) is 0 Å². The van der Waals surface area contributed by atoms with Crippen LogP contribution >= 0.6 is 11.3 Å². The third kappa shape index (κ3) is 3.99. The molecule has 1 aromatic heterocycles.